The maximum absolute atomic E-state index is 12.7. The second kappa shape index (κ2) is 5.00. The lowest BCUT2D eigenvalue weighted by Gasteiger charge is -2.23. The fourth-order valence-electron chi connectivity index (χ4n) is 1.82. The highest BCUT2D eigenvalue weighted by Crippen LogP contribution is 2.35. The van der Waals surface area contributed by atoms with Gasteiger partial charge in [-0.25, -0.2) is 4.98 Å². The van der Waals surface area contributed by atoms with Crippen LogP contribution in [0.3, 0.4) is 0 Å². The lowest BCUT2D eigenvalue weighted by Crippen LogP contribution is -2.33. The van der Waals surface area contributed by atoms with Crippen molar-refractivity contribution in [2.24, 2.45) is 0 Å². The second-order valence-electron chi connectivity index (χ2n) is 4.43. The zero-order chi connectivity index (χ0) is 14.9. The van der Waals surface area contributed by atoms with Crippen molar-refractivity contribution < 1.29 is 23.1 Å². The Morgan fingerprint density at radius 1 is 1.50 bits per heavy atom. The van der Waals surface area contributed by atoms with E-state index in [1.54, 1.807) is 6.07 Å². The smallest absolute Gasteiger partial charge is 0.433 e. The Morgan fingerprint density at radius 3 is 2.60 bits per heavy atom. The van der Waals surface area contributed by atoms with Crippen molar-refractivity contribution in [1.82, 2.24) is 4.98 Å². The van der Waals surface area contributed by atoms with Crippen molar-refractivity contribution in [3.05, 3.63) is 23.4 Å². The third-order valence-electron chi connectivity index (χ3n) is 2.85. The molecule has 0 bridgehead atoms. The normalized spacial score (nSPS) is 14.7. The van der Waals surface area contributed by atoms with E-state index in [9.17, 15) is 18.0 Å². The number of pyridine rings is 1. The highest BCUT2D eigenvalue weighted by atomic mass is 19.4. The van der Waals surface area contributed by atoms with Gasteiger partial charge in [0.2, 0.25) is 0 Å². The van der Waals surface area contributed by atoms with Crippen molar-refractivity contribution in [3.63, 3.8) is 0 Å². The van der Waals surface area contributed by atoms with Gasteiger partial charge in [-0.2, -0.15) is 18.4 Å². The summed E-state index contributed by atoms with van der Waals surface area (Å²) in [5.41, 5.74) is -1.20. The monoisotopic (exact) mass is 285 g/mol. The van der Waals surface area contributed by atoms with Gasteiger partial charge in [0.25, 0.3) is 0 Å². The van der Waals surface area contributed by atoms with Crippen LogP contribution in [0, 0.1) is 11.3 Å². The fraction of sp³-hybridized carbons (Fsp3) is 0.417. The summed E-state index contributed by atoms with van der Waals surface area (Å²) in [5, 5.41) is 17.8. The van der Waals surface area contributed by atoms with Gasteiger partial charge in [0.05, 0.1) is 5.56 Å². The van der Waals surface area contributed by atoms with Gasteiger partial charge in [-0.3, -0.25) is 4.79 Å². The van der Waals surface area contributed by atoms with Crippen LogP contribution in [0.25, 0.3) is 0 Å². The van der Waals surface area contributed by atoms with Crippen LogP contribution in [0.1, 0.15) is 24.1 Å². The average molecular weight is 285 g/mol. The number of halogens is 3. The Kier molecular flexibility index (Phi) is 3.53. The first-order valence-corrected chi connectivity index (χ1v) is 5.79. The zero-order valence-corrected chi connectivity index (χ0v) is 10.2. The van der Waals surface area contributed by atoms with E-state index >= 15 is 0 Å². The highest BCUT2D eigenvalue weighted by molar-refractivity contribution is 5.74. The summed E-state index contributed by atoms with van der Waals surface area (Å²) in [4.78, 5) is 15.5. The lowest BCUT2D eigenvalue weighted by molar-refractivity contribution is -0.141. The van der Waals surface area contributed by atoms with Crippen molar-refractivity contribution in [1.29, 1.82) is 5.26 Å². The Hall–Kier alpha value is -2.30. The summed E-state index contributed by atoms with van der Waals surface area (Å²) in [7, 11) is 0. The predicted octanol–water partition coefficient (Wildman–Crippen LogP) is 2.03. The molecule has 0 aliphatic heterocycles. The summed E-state index contributed by atoms with van der Waals surface area (Å²) in [6, 6.07) is 3.31. The summed E-state index contributed by atoms with van der Waals surface area (Å²) >= 11 is 0. The van der Waals surface area contributed by atoms with Crippen LogP contribution in [0.2, 0.25) is 0 Å². The molecule has 1 heterocycles. The van der Waals surface area contributed by atoms with Gasteiger partial charge >= 0.3 is 12.1 Å². The molecule has 106 valence electrons. The summed E-state index contributed by atoms with van der Waals surface area (Å²) < 4.78 is 38.0. The first-order valence-electron chi connectivity index (χ1n) is 5.79. The van der Waals surface area contributed by atoms with Crippen molar-refractivity contribution >= 4 is 11.8 Å². The Bertz CT molecular complexity index is 576. The lowest BCUT2D eigenvalue weighted by atomic mass is 10.2. The molecule has 1 aliphatic rings. The van der Waals surface area contributed by atoms with Crippen LogP contribution in [-0.4, -0.2) is 28.6 Å². The number of alkyl halides is 3. The van der Waals surface area contributed by atoms with E-state index in [0.717, 1.165) is 6.07 Å². The number of nitrogens with zero attached hydrogens (tertiary/aromatic N) is 3. The molecule has 0 saturated heterocycles. The van der Waals surface area contributed by atoms with Crippen LogP contribution in [0.5, 0.6) is 0 Å². The number of nitriles is 1. The quantitative estimate of drug-likeness (QED) is 0.915. The van der Waals surface area contributed by atoms with Crippen LogP contribution < -0.4 is 4.90 Å². The number of carbonyl (C=O) groups is 1. The Morgan fingerprint density at radius 2 is 2.15 bits per heavy atom. The van der Waals surface area contributed by atoms with E-state index in [0.29, 0.717) is 18.9 Å². The topological polar surface area (TPSA) is 77.2 Å². The van der Waals surface area contributed by atoms with Crippen molar-refractivity contribution in [2.75, 3.05) is 11.4 Å². The maximum Gasteiger partial charge on any atom is 0.433 e. The molecule has 0 unspecified atom stereocenters. The highest BCUT2D eigenvalue weighted by Gasteiger charge is 2.37. The molecule has 8 heteroatoms. The van der Waals surface area contributed by atoms with E-state index in [2.05, 4.69) is 4.98 Å². The van der Waals surface area contributed by atoms with Crippen molar-refractivity contribution in [3.8, 4) is 6.07 Å². The molecule has 1 N–H and O–H groups in total. The zero-order valence-electron chi connectivity index (χ0n) is 10.2. The minimum atomic E-state index is -4.64. The van der Waals surface area contributed by atoms with Gasteiger partial charge < -0.3 is 10.0 Å². The SMILES string of the molecule is N#Cc1ccc(C(F)(F)F)nc1N(CC(=O)O)C1CC1. The first-order chi connectivity index (χ1) is 9.32. The molecule has 0 aromatic carbocycles. The maximum atomic E-state index is 12.7. The van der Waals surface area contributed by atoms with Crippen LogP contribution in [-0.2, 0) is 11.0 Å². The molecule has 20 heavy (non-hydrogen) atoms. The van der Waals surface area contributed by atoms with Gasteiger partial charge in [0.15, 0.2) is 0 Å². The van der Waals surface area contributed by atoms with Crippen LogP contribution >= 0.6 is 0 Å². The molecule has 1 aromatic rings. The molecular weight excluding hydrogens is 275 g/mol. The van der Waals surface area contributed by atoms with Gasteiger partial charge in [-0.15, -0.1) is 0 Å². The summed E-state index contributed by atoms with van der Waals surface area (Å²) in [6.45, 7) is -0.479. The minimum absolute atomic E-state index is 0.0637. The third-order valence-corrected chi connectivity index (χ3v) is 2.85. The number of carboxylic acid groups (broad SMARTS) is 1. The van der Waals surface area contributed by atoms with E-state index < -0.39 is 24.4 Å². The van der Waals surface area contributed by atoms with Gasteiger partial charge in [-0.1, -0.05) is 0 Å². The number of aliphatic carboxylic acids is 1. The largest absolute Gasteiger partial charge is 0.480 e. The standard InChI is InChI=1S/C12H10F3N3O2/c13-12(14,15)9-4-1-7(5-16)11(17-9)18(6-10(19)20)8-2-3-8/h1,4,8H,2-3,6H2,(H,19,20). The molecule has 0 atom stereocenters. The van der Waals surface area contributed by atoms with Crippen LogP contribution in [0.4, 0.5) is 19.0 Å². The van der Waals surface area contributed by atoms with E-state index in [4.69, 9.17) is 10.4 Å². The third kappa shape index (κ3) is 2.99. The number of rotatable bonds is 4. The molecule has 2 rings (SSSR count). The van der Waals surface area contributed by atoms with Gasteiger partial charge in [0.1, 0.15) is 24.1 Å². The number of anilines is 1. The molecular formula is C12H10F3N3O2. The molecule has 1 aromatic heterocycles. The van der Waals surface area contributed by atoms with E-state index in [1.165, 1.54) is 4.90 Å². The molecule has 1 saturated carbocycles. The molecule has 1 fully saturated rings. The average Bonchev–Trinajstić information content (AvgIpc) is 3.18. The Labute approximate surface area is 112 Å². The summed E-state index contributed by atoms with van der Waals surface area (Å²) in [6.07, 6.45) is -3.28. The number of hydrogen-bond donors (Lipinski definition) is 1. The predicted molar refractivity (Wildman–Crippen MR) is 62.0 cm³/mol. The number of hydrogen-bond acceptors (Lipinski definition) is 4. The van der Waals surface area contributed by atoms with E-state index in [-0.39, 0.29) is 17.4 Å². The molecule has 5 nitrogen and oxygen atoms in total. The van der Waals surface area contributed by atoms with Crippen molar-refractivity contribution in [2.45, 2.75) is 25.1 Å². The van der Waals surface area contributed by atoms with Gasteiger partial charge in [0, 0.05) is 6.04 Å². The molecule has 0 spiro atoms. The molecule has 1 aliphatic carbocycles. The van der Waals surface area contributed by atoms with E-state index in [1.807, 2.05) is 0 Å². The Balaban J connectivity index is 2.46. The fourth-order valence-corrected chi connectivity index (χ4v) is 1.82. The first kappa shape index (κ1) is 14.1. The minimum Gasteiger partial charge on any atom is -0.480 e. The number of aromatic nitrogens is 1. The number of carboxylic acids is 1. The van der Waals surface area contributed by atoms with Gasteiger partial charge in [-0.05, 0) is 25.0 Å². The molecule has 0 amide bonds. The molecule has 0 radical (unpaired) electrons. The second-order valence-corrected chi connectivity index (χ2v) is 4.43. The van der Waals surface area contributed by atoms with Crippen LogP contribution in [0.15, 0.2) is 12.1 Å². The summed E-state index contributed by atoms with van der Waals surface area (Å²) in [5.74, 6) is -1.40.